The lowest BCUT2D eigenvalue weighted by molar-refractivity contribution is 0.777. The molecule has 3 aromatic rings. The molecule has 0 radical (unpaired) electrons. The normalized spacial score (nSPS) is 11.5. The highest BCUT2D eigenvalue weighted by atomic mass is 14.8. The van der Waals surface area contributed by atoms with Crippen molar-refractivity contribution in [3.05, 3.63) is 46.8 Å². The fourth-order valence-electron chi connectivity index (χ4n) is 3.42. The molecule has 0 atom stereocenters. The summed E-state index contributed by atoms with van der Waals surface area (Å²) in [4.78, 5) is 10.0. The van der Waals surface area contributed by atoms with E-state index >= 15 is 0 Å². The molecule has 2 aromatic heterocycles. The fraction of sp³-hybridized carbons (Fsp3) is 0.455. The molecule has 0 amide bonds. The van der Waals surface area contributed by atoms with Crippen LogP contribution in [0.3, 0.4) is 0 Å². The van der Waals surface area contributed by atoms with Crippen molar-refractivity contribution in [1.82, 2.24) is 9.97 Å². The van der Waals surface area contributed by atoms with Gasteiger partial charge in [0.1, 0.15) is 0 Å². The Hall–Kier alpha value is -1.96. The van der Waals surface area contributed by atoms with Gasteiger partial charge < -0.3 is 0 Å². The lowest BCUT2D eigenvalue weighted by Crippen LogP contribution is -1.98. The molecule has 2 nitrogen and oxygen atoms in total. The minimum Gasteiger partial charge on any atom is -0.251 e. The van der Waals surface area contributed by atoms with Crippen LogP contribution in [0, 0.1) is 13.8 Å². The van der Waals surface area contributed by atoms with Gasteiger partial charge in [0.15, 0.2) is 0 Å². The van der Waals surface area contributed by atoms with Crippen LogP contribution in [-0.4, -0.2) is 9.97 Å². The van der Waals surface area contributed by atoms with Gasteiger partial charge in [-0.15, -0.1) is 0 Å². The Kier molecular flexibility index (Phi) is 5.13. The number of hydrogen-bond acceptors (Lipinski definition) is 2. The Morgan fingerprint density at radius 3 is 1.50 bits per heavy atom. The van der Waals surface area contributed by atoms with E-state index in [2.05, 4.69) is 52.0 Å². The van der Waals surface area contributed by atoms with E-state index in [9.17, 15) is 0 Å². The maximum absolute atomic E-state index is 5.00. The topological polar surface area (TPSA) is 25.8 Å². The van der Waals surface area contributed by atoms with Crippen LogP contribution in [0.2, 0.25) is 0 Å². The minimum absolute atomic E-state index is 1.05. The highest BCUT2D eigenvalue weighted by Crippen LogP contribution is 2.28. The third kappa shape index (κ3) is 3.28. The van der Waals surface area contributed by atoms with Gasteiger partial charge in [-0.05, 0) is 62.8 Å². The van der Waals surface area contributed by atoms with Crippen molar-refractivity contribution in [2.24, 2.45) is 0 Å². The van der Waals surface area contributed by atoms with Gasteiger partial charge in [-0.1, -0.05) is 38.8 Å². The highest BCUT2D eigenvalue weighted by Gasteiger charge is 2.11. The monoisotopic (exact) mass is 320 g/mol. The summed E-state index contributed by atoms with van der Waals surface area (Å²) >= 11 is 0. The van der Waals surface area contributed by atoms with Crippen LogP contribution in [-0.2, 0) is 12.8 Å². The molecule has 0 spiro atoms. The average molecular weight is 320 g/mol. The first-order chi connectivity index (χ1) is 11.6. The zero-order valence-corrected chi connectivity index (χ0v) is 15.4. The number of fused-ring (bicyclic) bond motifs is 3. The van der Waals surface area contributed by atoms with Crippen molar-refractivity contribution >= 4 is 21.8 Å². The van der Waals surface area contributed by atoms with Crippen molar-refractivity contribution in [2.75, 3.05) is 0 Å². The number of pyridine rings is 2. The summed E-state index contributed by atoms with van der Waals surface area (Å²) in [6, 6.07) is 8.92. The van der Waals surface area contributed by atoms with Gasteiger partial charge in [0, 0.05) is 22.2 Å². The number of nitrogens with zero attached hydrogens (tertiary/aromatic N) is 2. The van der Waals surface area contributed by atoms with Crippen LogP contribution in [0.15, 0.2) is 24.3 Å². The predicted molar refractivity (Wildman–Crippen MR) is 104 cm³/mol. The first kappa shape index (κ1) is 16.9. The Morgan fingerprint density at radius 1 is 0.708 bits per heavy atom. The van der Waals surface area contributed by atoms with Crippen molar-refractivity contribution in [3.63, 3.8) is 0 Å². The molecular formula is C22H28N2. The van der Waals surface area contributed by atoms with E-state index in [0.717, 1.165) is 23.9 Å². The van der Waals surface area contributed by atoms with Crippen molar-refractivity contribution in [2.45, 2.75) is 66.2 Å². The van der Waals surface area contributed by atoms with Gasteiger partial charge in [-0.2, -0.15) is 0 Å². The summed E-state index contributed by atoms with van der Waals surface area (Å²) in [5.74, 6) is 0. The molecule has 24 heavy (non-hydrogen) atoms. The zero-order valence-electron chi connectivity index (χ0n) is 15.4. The Balaban J connectivity index is 2.22. The van der Waals surface area contributed by atoms with Crippen LogP contribution in [0.5, 0.6) is 0 Å². The third-order valence-electron chi connectivity index (χ3n) is 4.85. The molecular weight excluding hydrogens is 292 g/mol. The minimum atomic E-state index is 1.05. The first-order valence-corrected chi connectivity index (χ1v) is 9.33. The average Bonchev–Trinajstić information content (AvgIpc) is 2.58. The van der Waals surface area contributed by atoms with E-state index in [4.69, 9.17) is 9.97 Å². The van der Waals surface area contributed by atoms with Crippen LogP contribution in [0.4, 0.5) is 0 Å². The summed E-state index contributed by atoms with van der Waals surface area (Å²) in [5.41, 5.74) is 7.19. The number of rotatable bonds is 6. The Morgan fingerprint density at radius 2 is 1.12 bits per heavy atom. The summed E-state index contributed by atoms with van der Waals surface area (Å²) in [5, 5.41) is 2.48. The molecule has 0 aliphatic carbocycles. The molecule has 0 N–H and O–H groups in total. The maximum Gasteiger partial charge on any atom is 0.0970 e. The van der Waals surface area contributed by atoms with Crippen LogP contribution < -0.4 is 0 Å². The summed E-state index contributed by atoms with van der Waals surface area (Å²) < 4.78 is 0. The highest BCUT2D eigenvalue weighted by molar-refractivity contribution is 6.05. The zero-order chi connectivity index (χ0) is 17.1. The van der Waals surface area contributed by atoms with Gasteiger partial charge in [-0.25, -0.2) is 0 Å². The SMILES string of the molecule is CCCCc1cc(C)c2ccc3c(C)cc(CCCC)nc3c2n1. The Bertz CT molecular complexity index is 792. The number of benzene rings is 1. The quantitative estimate of drug-likeness (QED) is 0.514. The molecule has 0 aliphatic heterocycles. The van der Waals surface area contributed by atoms with E-state index in [-0.39, 0.29) is 0 Å². The molecule has 2 heterocycles. The van der Waals surface area contributed by atoms with Crippen molar-refractivity contribution in [1.29, 1.82) is 0 Å². The number of aromatic nitrogens is 2. The van der Waals surface area contributed by atoms with Gasteiger partial charge in [0.05, 0.1) is 11.0 Å². The predicted octanol–water partition coefficient (Wildman–Crippen LogP) is 6.09. The third-order valence-corrected chi connectivity index (χ3v) is 4.85. The molecule has 2 heteroatoms. The molecule has 126 valence electrons. The maximum atomic E-state index is 5.00. The second-order valence-corrected chi connectivity index (χ2v) is 6.93. The summed E-state index contributed by atoms with van der Waals surface area (Å²) in [6.07, 6.45) is 6.89. The second kappa shape index (κ2) is 7.29. The number of unbranched alkanes of at least 4 members (excludes halogenated alkanes) is 2. The lowest BCUT2D eigenvalue weighted by atomic mass is 10.0. The van der Waals surface area contributed by atoms with Crippen LogP contribution in [0.25, 0.3) is 21.8 Å². The molecule has 0 bridgehead atoms. The number of hydrogen-bond donors (Lipinski definition) is 0. The fourth-order valence-corrected chi connectivity index (χ4v) is 3.42. The number of aryl methyl sites for hydroxylation is 4. The lowest BCUT2D eigenvalue weighted by Gasteiger charge is -2.11. The van der Waals surface area contributed by atoms with Crippen LogP contribution in [0.1, 0.15) is 62.0 Å². The van der Waals surface area contributed by atoms with Gasteiger partial charge >= 0.3 is 0 Å². The molecule has 0 aliphatic rings. The largest absolute Gasteiger partial charge is 0.251 e. The molecule has 1 aromatic carbocycles. The molecule has 3 rings (SSSR count). The first-order valence-electron chi connectivity index (χ1n) is 9.33. The Labute approximate surface area is 145 Å². The molecule has 0 saturated heterocycles. The van der Waals surface area contributed by atoms with E-state index in [1.165, 1.54) is 59.0 Å². The van der Waals surface area contributed by atoms with Crippen LogP contribution >= 0.6 is 0 Å². The van der Waals surface area contributed by atoms with E-state index in [0.29, 0.717) is 0 Å². The summed E-state index contributed by atoms with van der Waals surface area (Å²) in [7, 11) is 0. The van der Waals surface area contributed by atoms with Gasteiger partial charge in [0.25, 0.3) is 0 Å². The van der Waals surface area contributed by atoms with Gasteiger partial charge in [0.2, 0.25) is 0 Å². The molecule has 0 saturated carbocycles. The molecule has 0 unspecified atom stereocenters. The second-order valence-electron chi connectivity index (χ2n) is 6.93. The van der Waals surface area contributed by atoms with Crippen molar-refractivity contribution in [3.8, 4) is 0 Å². The standard InChI is InChI=1S/C22H28N2/c1-5-7-9-17-13-15(3)19-11-12-20-16(4)14-18(10-8-6-2)24-22(20)21(19)23-17/h11-14H,5-10H2,1-4H3. The van der Waals surface area contributed by atoms with Gasteiger partial charge in [-0.3, -0.25) is 9.97 Å². The summed E-state index contributed by atoms with van der Waals surface area (Å²) in [6.45, 7) is 8.85. The van der Waals surface area contributed by atoms with E-state index < -0.39 is 0 Å². The van der Waals surface area contributed by atoms with Crippen molar-refractivity contribution < 1.29 is 0 Å². The molecule has 0 fully saturated rings. The van der Waals surface area contributed by atoms with E-state index in [1.54, 1.807) is 0 Å². The van der Waals surface area contributed by atoms with E-state index in [1.807, 2.05) is 0 Å². The smallest absolute Gasteiger partial charge is 0.0970 e.